The van der Waals surface area contributed by atoms with Gasteiger partial charge in [-0.1, -0.05) is 39.7 Å². The molecule has 0 aromatic rings. The first-order chi connectivity index (χ1) is 8.26. The maximum atomic E-state index is 4.73. The predicted octanol–water partition coefficient (Wildman–Crippen LogP) is 3.93. The summed E-state index contributed by atoms with van der Waals surface area (Å²) in [6, 6.07) is 0. The second kappa shape index (κ2) is 7.52. The van der Waals surface area contributed by atoms with E-state index in [1.54, 1.807) is 6.20 Å². The molecule has 0 fully saturated rings. The Balaban J connectivity index is 2.44. The van der Waals surface area contributed by atoms with Crippen molar-refractivity contribution in [1.82, 2.24) is 5.32 Å². The SMILES string of the molecule is C=CNCCC1(CCCCC)CN=C(CC)C1. The van der Waals surface area contributed by atoms with Crippen molar-refractivity contribution in [3.05, 3.63) is 12.8 Å². The summed E-state index contributed by atoms with van der Waals surface area (Å²) in [4.78, 5) is 4.73. The minimum atomic E-state index is 0.455. The number of hydrogen-bond donors (Lipinski definition) is 1. The van der Waals surface area contributed by atoms with Crippen LogP contribution in [0, 0.1) is 5.41 Å². The monoisotopic (exact) mass is 236 g/mol. The normalized spacial score (nSPS) is 23.5. The second-order valence-electron chi connectivity index (χ2n) is 5.28. The van der Waals surface area contributed by atoms with Crippen LogP contribution in [0.2, 0.25) is 0 Å². The highest BCUT2D eigenvalue weighted by molar-refractivity contribution is 5.86. The molecule has 1 rings (SSSR count). The van der Waals surface area contributed by atoms with Crippen molar-refractivity contribution in [1.29, 1.82) is 0 Å². The average Bonchev–Trinajstić information content (AvgIpc) is 2.74. The summed E-state index contributed by atoms with van der Waals surface area (Å²) in [6.07, 6.45) is 10.8. The first-order valence-electron chi connectivity index (χ1n) is 7.13. The van der Waals surface area contributed by atoms with Crippen LogP contribution in [0.15, 0.2) is 17.8 Å². The Morgan fingerprint density at radius 1 is 1.35 bits per heavy atom. The fraction of sp³-hybridized carbons (Fsp3) is 0.800. The first-order valence-corrected chi connectivity index (χ1v) is 7.13. The number of aliphatic imine (C=N–C) groups is 1. The van der Waals surface area contributed by atoms with Crippen molar-refractivity contribution in [2.45, 2.75) is 58.8 Å². The van der Waals surface area contributed by atoms with Crippen LogP contribution in [-0.4, -0.2) is 18.8 Å². The second-order valence-corrected chi connectivity index (χ2v) is 5.28. The molecule has 0 aromatic carbocycles. The summed E-state index contributed by atoms with van der Waals surface area (Å²) in [6.45, 7) is 10.3. The van der Waals surface area contributed by atoms with E-state index in [-0.39, 0.29) is 0 Å². The summed E-state index contributed by atoms with van der Waals surface area (Å²) in [5, 5.41) is 3.24. The molecule has 2 heteroatoms. The molecule has 1 unspecified atom stereocenters. The van der Waals surface area contributed by atoms with Crippen LogP contribution in [0.1, 0.15) is 58.8 Å². The Bertz CT molecular complexity index is 258. The Morgan fingerprint density at radius 2 is 2.18 bits per heavy atom. The number of unbranched alkanes of at least 4 members (excludes halogenated alkanes) is 2. The minimum absolute atomic E-state index is 0.455. The fourth-order valence-electron chi connectivity index (χ4n) is 2.71. The molecule has 0 radical (unpaired) electrons. The lowest BCUT2D eigenvalue weighted by molar-refractivity contribution is 0.267. The molecule has 1 atom stereocenters. The van der Waals surface area contributed by atoms with E-state index in [0.717, 1.165) is 19.5 Å². The molecule has 1 aliphatic heterocycles. The van der Waals surface area contributed by atoms with Gasteiger partial charge in [-0.05, 0) is 37.3 Å². The van der Waals surface area contributed by atoms with Gasteiger partial charge in [0.2, 0.25) is 0 Å². The van der Waals surface area contributed by atoms with E-state index in [0.29, 0.717) is 5.41 Å². The van der Waals surface area contributed by atoms with Gasteiger partial charge in [-0.2, -0.15) is 0 Å². The molecule has 0 saturated heterocycles. The molecule has 98 valence electrons. The third-order valence-electron chi connectivity index (χ3n) is 3.88. The number of hydrogen-bond acceptors (Lipinski definition) is 2. The molecule has 17 heavy (non-hydrogen) atoms. The summed E-state index contributed by atoms with van der Waals surface area (Å²) >= 11 is 0. The zero-order chi connectivity index (χ0) is 12.6. The molecule has 1 heterocycles. The average molecular weight is 236 g/mol. The van der Waals surface area contributed by atoms with E-state index in [4.69, 9.17) is 4.99 Å². The molecular formula is C15H28N2. The fourth-order valence-corrected chi connectivity index (χ4v) is 2.71. The highest BCUT2D eigenvalue weighted by Crippen LogP contribution is 2.38. The minimum Gasteiger partial charge on any atom is -0.391 e. The molecule has 0 spiro atoms. The van der Waals surface area contributed by atoms with E-state index in [2.05, 4.69) is 25.7 Å². The van der Waals surface area contributed by atoms with Crippen molar-refractivity contribution in [3.63, 3.8) is 0 Å². The van der Waals surface area contributed by atoms with Gasteiger partial charge in [-0.15, -0.1) is 0 Å². The molecule has 0 aromatic heterocycles. The molecule has 0 amide bonds. The van der Waals surface area contributed by atoms with Crippen molar-refractivity contribution in [2.75, 3.05) is 13.1 Å². The maximum Gasteiger partial charge on any atom is 0.0449 e. The Hall–Kier alpha value is -0.790. The van der Waals surface area contributed by atoms with E-state index in [1.807, 2.05) is 0 Å². The lowest BCUT2D eigenvalue weighted by atomic mass is 9.77. The van der Waals surface area contributed by atoms with E-state index in [9.17, 15) is 0 Å². The highest BCUT2D eigenvalue weighted by atomic mass is 14.9. The first kappa shape index (κ1) is 14.3. The van der Waals surface area contributed by atoms with E-state index < -0.39 is 0 Å². The molecule has 0 saturated carbocycles. The highest BCUT2D eigenvalue weighted by Gasteiger charge is 2.34. The van der Waals surface area contributed by atoms with Gasteiger partial charge in [0.15, 0.2) is 0 Å². The predicted molar refractivity (Wildman–Crippen MR) is 76.6 cm³/mol. The zero-order valence-electron chi connectivity index (χ0n) is 11.6. The van der Waals surface area contributed by atoms with Crippen LogP contribution in [0.25, 0.3) is 0 Å². The van der Waals surface area contributed by atoms with E-state index in [1.165, 1.54) is 44.2 Å². The van der Waals surface area contributed by atoms with Gasteiger partial charge in [0.1, 0.15) is 0 Å². The van der Waals surface area contributed by atoms with Gasteiger partial charge < -0.3 is 5.32 Å². The molecule has 1 aliphatic rings. The zero-order valence-corrected chi connectivity index (χ0v) is 11.6. The van der Waals surface area contributed by atoms with Crippen LogP contribution in [-0.2, 0) is 0 Å². The van der Waals surface area contributed by atoms with Gasteiger partial charge in [-0.25, -0.2) is 0 Å². The van der Waals surface area contributed by atoms with Gasteiger partial charge >= 0.3 is 0 Å². The van der Waals surface area contributed by atoms with E-state index >= 15 is 0 Å². The van der Waals surface area contributed by atoms with Crippen molar-refractivity contribution in [3.8, 4) is 0 Å². The van der Waals surface area contributed by atoms with Crippen LogP contribution < -0.4 is 5.32 Å². The summed E-state index contributed by atoms with van der Waals surface area (Å²) in [7, 11) is 0. The van der Waals surface area contributed by atoms with Crippen LogP contribution in [0.3, 0.4) is 0 Å². The van der Waals surface area contributed by atoms with Crippen LogP contribution >= 0.6 is 0 Å². The smallest absolute Gasteiger partial charge is 0.0449 e. The lowest BCUT2D eigenvalue weighted by Crippen LogP contribution is -2.27. The summed E-state index contributed by atoms with van der Waals surface area (Å²) in [5.74, 6) is 0. The Labute approximate surface area is 107 Å². The van der Waals surface area contributed by atoms with Crippen LogP contribution in [0.4, 0.5) is 0 Å². The van der Waals surface area contributed by atoms with Gasteiger partial charge in [0, 0.05) is 18.8 Å². The van der Waals surface area contributed by atoms with Crippen molar-refractivity contribution in [2.24, 2.45) is 10.4 Å². The third-order valence-corrected chi connectivity index (χ3v) is 3.88. The lowest BCUT2D eigenvalue weighted by Gasteiger charge is -2.28. The van der Waals surface area contributed by atoms with Gasteiger partial charge in [0.05, 0.1) is 0 Å². The Kier molecular flexibility index (Phi) is 6.31. The van der Waals surface area contributed by atoms with Crippen molar-refractivity contribution >= 4 is 5.71 Å². The topological polar surface area (TPSA) is 24.4 Å². The third kappa shape index (κ3) is 4.53. The van der Waals surface area contributed by atoms with Crippen LogP contribution in [0.5, 0.6) is 0 Å². The Morgan fingerprint density at radius 3 is 2.76 bits per heavy atom. The number of nitrogens with zero attached hydrogens (tertiary/aromatic N) is 1. The number of nitrogens with one attached hydrogen (secondary N) is 1. The molecule has 0 bridgehead atoms. The van der Waals surface area contributed by atoms with Crippen molar-refractivity contribution < 1.29 is 0 Å². The quantitative estimate of drug-likeness (QED) is 0.603. The molecule has 0 aliphatic carbocycles. The molecule has 1 N–H and O–H groups in total. The molecular weight excluding hydrogens is 208 g/mol. The van der Waals surface area contributed by atoms with Gasteiger partial charge in [0.25, 0.3) is 0 Å². The standard InChI is InChI=1S/C15H28N2/c1-4-7-8-9-15(10-11-16-6-3)12-14(5-2)17-13-15/h6,16H,3-5,7-13H2,1-2H3. The summed E-state index contributed by atoms with van der Waals surface area (Å²) < 4.78 is 0. The maximum absolute atomic E-state index is 4.73. The number of rotatable bonds is 9. The molecule has 2 nitrogen and oxygen atoms in total. The van der Waals surface area contributed by atoms with Gasteiger partial charge in [-0.3, -0.25) is 4.99 Å². The summed E-state index contributed by atoms with van der Waals surface area (Å²) in [5.41, 5.74) is 1.89. The largest absolute Gasteiger partial charge is 0.391 e.